The summed E-state index contributed by atoms with van der Waals surface area (Å²) >= 11 is 3.60. The van der Waals surface area contributed by atoms with Crippen LogP contribution in [0.3, 0.4) is 0 Å². The van der Waals surface area contributed by atoms with Crippen LogP contribution in [0.25, 0.3) is 0 Å². The van der Waals surface area contributed by atoms with Crippen LogP contribution in [0.5, 0.6) is 0 Å². The van der Waals surface area contributed by atoms with Gasteiger partial charge in [-0.3, -0.25) is 14.4 Å². The summed E-state index contributed by atoms with van der Waals surface area (Å²) in [6.45, 7) is 0. The van der Waals surface area contributed by atoms with Gasteiger partial charge in [-0.25, -0.2) is 4.90 Å². The van der Waals surface area contributed by atoms with Crippen LogP contribution in [0.15, 0.2) is 150 Å². The number of fused-ring (bicyclic) bond motifs is 5. The van der Waals surface area contributed by atoms with Gasteiger partial charge in [0, 0.05) is 16.3 Å². The second-order valence-electron chi connectivity index (χ2n) is 12.0. The van der Waals surface area contributed by atoms with Crippen LogP contribution in [0.2, 0.25) is 0 Å². The molecule has 2 amide bonds. The van der Waals surface area contributed by atoms with Crippen molar-refractivity contribution in [2.75, 3.05) is 4.90 Å². The van der Waals surface area contributed by atoms with E-state index in [1.165, 1.54) is 4.90 Å². The number of hydrogen-bond acceptors (Lipinski definition) is 3. The minimum atomic E-state index is -1.29. The van der Waals surface area contributed by atoms with Crippen molar-refractivity contribution in [2.24, 2.45) is 11.8 Å². The third kappa shape index (κ3) is 3.31. The number of ketones is 1. The first-order valence-electron chi connectivity index (χ1n) is 14.9. The Kier molecular flexibility index (Phi) is 6.11. The number of carbonyl (C=O) groups excluding carboxylic acids is 3. The van der Waals surface area contributed by atoms with E-state index in [1.807, 2.05) is 115 Å². The third-order valence-electron chi connectivity index (χ3n) is 10.3. The van der Waals surface area contributed by atoms with Crippen LogP contribution in [0, 0.1) is 11.8 Å². The van der Waals surface area contributed by atoms with E-state index < -0.39 is 34.5 Å². The number of carbonyl (C=O) groups is 3. The number of amides is 2. The molecule has 0 radical (unpaired) electrons. The lowest BCUT2D eigenvalue weighted by molar-refractivity contribution is -0.131. The van der Waals surface area contributed by atoms with Crippen molar-refractivity contribution in [3.8, 4) is 0 Å². The molecule has 1 saturated heterocycles. The van der Waals surface area contributed by atoms with Gasteiger partial charge < -0.3 is 0 Å². The van der Waals surface area contributed by atoms with Crippen molar-refractivity contribution in [1.29, 1.82) is 0 Å². The maximum absolute atomic E-state index is 15.9. The SMILES string of the molecule is O=C1[C@@H]2[C@H](C(=O)N1c1ccccc1Br)[C@@]1(c3ccccc3)C(=O)[C@@]2(c2ccccc2)[C@H](c2ccccc2)[C@@H]1c1ccccc1. The van der Waals surface area contributed by atoms with E-state index in [0.29, 0.717) is 10.2 Å². The third-order valence-corrected chi connectivity index (χ3v) is 10.9. The molecule has 8 rings (SSSR count). The van der Waals surface area contributed by atoms with Gasteiger partial charge in [0.15, 0.2) is 5.78 Å². The fourth-order valence-corrected chi connectivity index (χ4v) is 9.38. The summed E-state index contributed by atoms with van der Waals surface area (Å²) in [4.78, 5) is 47.2. The Labute approximate surface area is 264 Å². The average Bonchev–Trinajstić information content (AvgIpc) is 3.59. The largest absolute Gasteiger partial charge is 0.298 e. The van der Waals surface area contributed by atoms with Crippen molar-refractivity contribution < 1.29 is 14.4 Å². The number of hydrogen-bond donors (Lipinski definition) is 0. The molecule has 0 unspecified atom stereocenters. The molecule has 5 aromatic rings. The van der Waals surface area contributed by atoms with Gasteiger partial charge in [-0.2, -0.15) is 0 Å². The molecule has 0 aromatic heterocycles. The zero-order valence-electron chi connectivity index (χ0n) is 23.7. The molecule has 6 atom stereocenters. The Hall–Kier alpha value is -4.61. The van der Waals surface area contributed by atoms with E-state index in [1.54, 1.807) is 6.07 Å². The van der Waals surface area contributed by atoms with Gasteiger partial charge in [0.2, 0.25) is 11.8 Å². The summed E-state index contributed by atoms with van der Waals surface area (Å²) < 4.78 is 0.655. The molecule has 0 spiro atoms. The molecule has 5 heteroatoms. The number of nitrogens with zero attached hydrogens (tertiary/aromatic N) is 1. The summed E-state index contributed by atoms with van der Waals surface area (Å²) in [5.74, 6) is -3.28. The highest BCUT2D eigenvalue weighted by atomic mass is 79.9. The number of halogens is 1. The molecule has 1 aliphatic heterocycles. The van der Waals surface area contributed by atoms with Crippen LogP contribution in [-0.4, -0.2) is 17.6 Å². The maximum Gasteiger partial charge on any atom is 0.239 e. The molecule has 3 aliphatic rings. The minimum Gasteiger partial charge on any atom is -0.298 e. The van der Waals surface area contributed by atoms with Crippen molar-refractivity contribution in [3.63, 3.8) is 0 Å². The summed E-state index contributed by atoms with van der Waals surface area (Å²) in [6.07, 6.45) is 0. The molecule has 2 saturated carbocycles. The molecule has 4 nitrogen and oxygen atoms in total. The Morgan fingerprint density at radius 3 is 1.23 bits per heavy atom. The number of para-hydroxylation sites is 1. The molecule has 3 fully saturated rings. The molecule has 214 valence electrons. The Morgan fingerprint density at radius 2 is 0.818 bits per heavy atom. The van der Waals surface area contributed by atoms with Crippen molar-refractivity contribution in [2.45, 2.75) is 22.7 Å². The zero-order chi connectivity index (χ0) is 30.1. The second kappa shape index (κ2) is 9.96. The monoisotopic (exact) mass is 637 g/mol. The second-order valence-corrected chi connectivity index (χ2v) is 12.8. The highest BCUT2D eigenvalue weighted by Gasteiger charge is 2.86. The van der Waals surface area contributed by atoms with Gasteiger partial charge in [-0.15, -0.1) is 0 Å². The van der Waals surface area contributed by atoms with Gasteiger partial charge in [0.05, 0.1) is 28.4 Å². The van der Waals surface area contributed by atoms with E-state index >= 15 is 4.79 Å². The van der Waals surface area contributed by atoms with E-state index in [4.69, 9.17) is 0 Å². The fourth-order valence-electron chi connectivity index (χ4n) is 8.92. The van der Waals surface area contributed by atoms with E-state index in [9.17, 15) is 9.59 Å². The van der Waals surface area contributed by atoms with Gasteiger partial charge >= 0.3 is 0 Å². The summed E-state index contributed by atoms with van der Waals surface area (Å²) in [7, 11) is 0. The molecule has 5 aromatic carbocycles. The van der Waals surface area contributed by atoms with Crippen LogP contribution in [-0.2, 0) is 25.2 Å². The number of rotatable bonds is 5. The molecule has 1 heterocycles. The van der Waals surface area contributed by atoms with E-state index in [2.05, 4.69) is 40.2 Å². The normalized spacial score (nSPS) is 28.8. The number of Topliss-reactive ketones (excluding diaryl/α,β-unsaturated/α-hetero) is 1. The Bertz CT molecular complexity index is 1800. The Morgan fingerprint density at radius 1 is 0.455 bits per heavy atom. The molecule has 0 N–H and O–H groups in total. The molecular weight excluding hydrogens is 610 g/mol. The van der Waals surface area contributed by atoms with E-state index in [0.717, 1.165) is 22.3 Å². The standard InChI is InChI=1S/C39H28BrNO3/c40-29-23-13-14-24-30(29)41-35(42)33-34(36(41)43)39(28-21-11-4-12-22-28)32(26-17-7-2-8-18-26)31(25-15-5-1-6-16-25)38(33,37(39)44)27-19-9-3-10-20-27/h1-24,31-34H/t31-,32+,33+,34-,38-,39-/m0/s1. The van der Waals surface area contributed by atoms with Crippen molar-refractivity contribution in [1.82, 2.24) is 0 Å². The highest BCUT2D eigenvalue weighted by molar-refractivity contribution is 9.10. The number of imide groups is 1. The minimum absolute atomic E-state index is 0.0476. The van der Waals surface area contributed by atoms with Crippen LogP contribution >= 0.6 is 15.9 Å². The summed E-state index contributed by atoms with van der Waals surface area (Å²) in [5.41, 5.74) is 1.45. The van der Waals surface area contributed by atoms with Gasteiger partial charge in [-0.1, -0.05) is 133 Å². The molecule has 44 heavy (non-hydrogen) atoms. The van der Waals surface area contributed by atoms with Gasteiger partial charge in [0.1, 0.15) is 0 Å². The zero-order valence-corrected chi connectivity index (χ0v) is 25.3. The number of benzene rings is 5. The highest BCUT2D eigenvalue weighted by Crippen LogP contribution is 2.77. The van der Waals surface area contributed by atoms with Crippen LogP contribution in [0.4, 0.5) is 5.69 Å². The fraction of sp³-hybridized carbons (Fsp3) is 0.154. The Balaban J connectivity index is 1.53. The van der Waals surface area contributed by atoms with Crippen molar-refractivity contribution in [3.05, 3.63) is 172 Å². The van der Waals surface area contributed by atoms with E-state index in [-0.39, 0.29) is 17.6 Å². The lowest BCUT2D eigenvalue weighted by Gasteiger charge is -2.46. The summed E-state index contributed by atoms with van der Waals surface area (Å²) in [6, 6.07) is 47.0. The quantitative estimate of drug-likeness (QED) is 0.187. The first-order valence-corrected chi connectivity index (χ1v) is 15.7. The predicted molar refractivity (Wildman–Crippen MR) is 173 cm³/mol. The maximum atomic E-state index is 15.9. The molecule has 2 aliphatic carbocycles. The topological polar surface area (TPSA) is 54.5 Å². The van der Waals surface area contributed by atoms with Crippen LogP contribution < -0.4 is 4.90 Å². The first-order chi connectivity index (χ1) is 21.5. The van der Waals surface area contributed by atoms with Crippen molar-refractivity contribution >= 4 is 39.2 Å². The lowest BCUT2D eigenvalue weighted by atomic mass is 9.52. The average molecular weight is 639 g/mol. The van der Waals surface area contributed by atoms with Gasteiger partial charge in [0.25, 0.3) is 0 Å². The van der Waals surface area contributed by atoms with Crippen LogP contribution in [0.1, 0.15) is 34.1 Å². The predicted octanol–water partition coefficient (Wildman–Crippen LogP) is 7.59. The first kappa shape index (κ1) is 27.0. The number of anilines is 1. The summed E-state index contributed by atoms with van der Waals surface area (Å²) in [5, 5.41) is 0. The van der Waals surface area contributed by atoms with Gasteiger partial charge in [-0.05, 0) is 50.3 Å². The lowest BCUT2D eigenvalue weighted by Crippen LogP contribution is -2.49. The molecule has 2 bridgehead atoms. The smallest absolute Gasteiger partial charge is 0.239 e. The molecular formula is C39H28BrNO3.